The molecule has 8 heteroatoms. The van der Waals surface area contributed by atoms with Gasteiger partial charge in [-0.1, -0.05) is 0 Å². The average Bonchev–Trinajstić information content (AvgIpc) is 2.95. The van der Waals surface area contributed by atoms with Crippen LogP contribution in [0.1, 0.15) is 6.42 Å². The first-order valence-corrected chi connectivity index (χ1v) is 6.34. The molecule has 3 N–H and O–H groups in total. The molecule has 8 nitrogen and oxygen atoms in total. The summed E-state index contributed by atoms with van der Waals surface area (Å²) >= 11 is 0. The fourth-order valence-corrected chi connectivity index (χ4v) is 2.76. The van der Waals surface area contributed by atoms with Gasteiger partial charge in [0.25, 0.3) is 5.91 Å². The Bertz CT molecular complexity index is 434. The van der Waals surface area contributed by atoms with Gasteiger partial charge in [-0.25, -0.2) is 4.79 Å². The molecule has 0 aromatic carbocycles. The Labute approximate surface area is 109 Å². The second-order valence-corrected chi connectivity index (χ2v) is 5.08. The predicted octanol–water partition coefficient (Wildman–Crippen LogP) is -2.21. The minimum atomic E-state index is -0.942. The summed E-state index contributed by atoms with van der Waals surface area (Å²) in [6.45, 7) is 2.28. The smallest absolute Gasteiger partial charge is 0.322 e. The second kappa shape index (κ2) is 4.46. The molecule has 2 atom stereocenters. The van der Waals surface area contributed by atoms with Gasteiger partial charge in [0.05, 0.1) is 19.8 Å². The van der Waals surface area contributed by atoms with Gasteiger partial charge in [-0.15, -0.1) is 0 Å². The van der Waals surface area contributed by atoms with Crippen molar-refractivity contribution in [1.82, 2.24) is 20.9 Å². The minimum absolute atomic E-state index is 0.0782. The summed E-state index contributed by atoms with van der Waals surface area (Å²) in [5, 5.41) is 7.93. The molecule has 3 heterocycles. The van der Waals surface area contributed by atoms with Gasteiger partial charge in [0.1, 0.15) is 11.6 Å². The van der Waals surface area contributed by atoms with Crippen LogP contribution < -0.4 is 16.0 Å². The number of carbonyl (C=O) groups excluding carboxylic acids is 3. The number of nitrogens with zero attached hydrogens (tertiary/aromatic N) is 1. The van der Waals surface area contributed by atoms with Gasteiger partial charge in [-0.3, -0.25) is 14.9 Å². The lowest BCUT2D eigenvalue weighted by molar-refractivity contribution is -0.135. The molecule has 3 saturated heterocycles. The molecule has 4 amide bonds. The molecule has 0 aromatic heterocycles. The van der Waals surface area contributed by atoms with Crippen molar-refractivity contribution < 1.29 is 19.1 Å². The highest BCUT2D eigenvalue weighted by Gasteiger charge is 2.52. The summed E-state index contributed by atoms with van der Waals surface area (Å²) in [6.07, 6.45) is 0.448. The zero-order chi connectivity index (χ0) is 13.5. The maximum absolute atomic E-state index is 12.3. The van der Waals surface area contributed by atoms with E-state index in [9.17, 15) is 14.4 Å². The van der Waals surface area contributed by atoms with Gasteiger partial charge in [0, 0.05) is 13.1 Å². The van der Waals surface area contributed by atoms with Crippen molar-refractivity contribution in [2.24, 2.45) is 0 Å². The normalized spacial score (nSPS) is 34.5. The molecule has 3 aliphatic rings. The van der Waals surface area contributed by atoms with E-state index in [0.717, 1.165) is 0 Å². The van der Waals surface area contributed by atoms with E-state index in [4.69, 9.17) is 4.74 Å². The van der Waals surface area contributed by atoms with E-state index in [-0.39, 0.29) is 24.4 Å². The number of rotatable bonds is 1. The first-order chi connectivity index (χ1) is 9.11. The fraction of sp³-hybridized carbons (Fsp3) is 0.727. The molecule has 104 valence electrons. The summed E-state index contributed by atoms with van der Waals surface area (Å²) in [4.78, 5) is 36.9. The van der Waals surface area contributed by atoms with Crippen LogP contribution in [0.2, 0.25) is 0 Å². The van der Waals surface area contributed by atoms with Crippen molar-refractivity contribution >= 4 is 17.8 Å². The van der Waals surface area contributed by atoms with Crippen molar-refractivity contribution in [3.8, 4) is 0 Å². The average molecular weight is 268 g/mol. The fourth-order valence-electron chi connectivity index (χ4n) is 2.76. The van der Waals surface area contributed by atoms with Gasteiger partial charge in [-0.2, -0.15) is 0 Å². The number of amides is 4. The summed E-state index contributed by atoms with van der Waals surface area (Å²) in [5.74, 6) is -0.425. The first kappa shape index (κ1) is 12.4. The van der Waals surface area contributed by atoms with Crippen LogP contribution >= 0.6 is 0 Å². The lowest BCUT2D eigenvalue weighted by atomic mass is 9.99. The third kappa shape index (κ3) is 2.06. The molecule has 0 bridgehead atoms. The topological polar surface area (TPSA) is 99.8 Å². The largest absolute Gasteiger partial charge is 0.378 e. The second-order valence-electron chi connectivity index (χ2n) is 5.08. The Balaban J connectivity index is 1.67. The highest BCUT2D eigenvalue weighted by molar-refractivity contribution is 6.07. The van der Waals surface area contributed by atoms with Crippen molar-refractivity contribution in [2.75, 3.05) is 32.8 Å². The lowest BCUT2D eigenvalue weighted by Crippen LogP contribution is -2.54. The third-order valence-corrected chi connectivity index (χ3v) is 3.82. The molecule has 0 aromatic rings. The van der Waals surface area contributed by atoms with Crippen molar-refractivity contribution in [3.05, 3.63) is 0 Å². The molecule has 0 aliphatic carbocycles. The minimum Gasteiger partial charge on any atom is -0.378 e. The zero-order valence-corrected chi connectivity index (χ0v) is 10.4. The van der Waals surface area contributed by atoms with E-state index < -0.39 is 11.6 Å². The number of imide groups is 1. The highest BCUT2D eigenvalue weighted by atomic mass is 16.5. The number of nitrogens with one attached hydrogen (secondary N) is 3. The van der Waals surface area contributed by atoms with E-state index in [2.05, 4.69) is 16.0 Å². The number of hydrogen-bond acceptors (Lipinski definition) is 5. The molecule has 2 unspecified atom stereocenters. The molecular formula is C11H16N4O4. The summed E-state index contributed by atoms with van der Waals surface area (Å²) in [5.41, 5.74) is -0.942. The lowest BCUT2D eigenvalue weighted by Gasteiger charge is -2.28. The van der Waals surface area contributed by atoms with E-state index in [1.807, 2.05) is 0 Å². The van der Waals surface area contributed by atoms with Crippen LogP contribution in [0.15, 0.2) is 0 Å². The third-order valence-electron chi connectivity index (χ3n) is 3.82. The van der Waals surface area contributed by atoms with E-state index in [1.165, 1.54) is 0 Å². The molecular weight excluding hydrogens is 252 g/mol. The van der Waals surface area contributed by atoms with E-state index in [0.29, 0.717) is 32.7 Å². The van der Waals surface area contributed by atoms with Gasteiger partial charge in [0.15, 0.2) is 0 Å². The standard InChI is InChI=1S/C11H16N4O4/c16-8(7-5-19-4-2-12-7)15-3-1-11(6-15)9(17)13-10(18)14-11/h7,12H,1-6H2,(H2,13,14,17,18). The van der Waals surface area contributed by atoms with Gasteiger partial charge in [0.2, 0.25) is 5.91 Å². The SMILES string of the molecule is O=C1NC(=O)C2(CCN(C(=O)C3COCCN3)C2)N1. The Morgan fingerprint density at radius 2 is 2.26 bits per heavy atom. The van der Waals surface area contributed by atoms with Gasteiger partial charge >= 0.3 is 6.03 Å². The molecule has 1 spiro atoms. The maximum atomic E-state index is 12.3. The number of ether oxygens (including phenoxy) is 1. The van der Waals surface area contributed by atoms with Crippen LogP contribution in [0.5, 0.6) is 0 Å². The van der Waals surface area contributed by atoms with Crippen molar-refractivity contribution in [3.63, 3.8) is 0 Å². The number of hydrogen-bond donors (Lipinski definition) is 3. The number of urea groups is 1. The monoisotopic (exact) mass is 268 g/mol. The van der Waals surface area contributed by atoms with Crippen LogP contribution in [-0.4, -0.2) is 67.2 Å². The van der Waals surface area contributed by atoms with Crippen LogP contribution in [0, 0.1) is 0 Å². The molecule has 3 aliphatic heterocycles. The van der Waals surface area contributed by atoms with E-state index >= 15 is 0 Å². The Kier molecular flexibility index (Phi) is 2.90. The Morgan fingerprint density at radius 3 is 2.89 bits per heavy atom. The molecule has 3 fully saturated rings. The van der Waals surface area contributed by atoms with E-state index in [1.54, 1.807) is 4.90 Å². The molecule has 3 rings (SSSR count). The number of carbonyl (C=O) groups is 3. The molecule has 0 saturated carbocycles. The van der Waals surface area contributed by atoms with Crippen LogP contribution in [-0.2, 0) is 14.3 Å². The Morgan fingerprint density at radius 1 is 1.42 bits per heavy atom. The van der Waals surface area contributed by atoms with Crippen molar-refractivity contribution in [1.29, 1.82) is 0 Å². The summed E-state index contributed by atoms with van der Waals surface area (Å²) in [7, 11) is 0. The Hall–Kier alpha value is -1.67. The first-order valence-electron chi connectivity index (χ1n) is 6.34. The quantitative estimate of drug-likeness (QED) is 0.468. The number of morpholine rings is 1. The molecule has 19 heavy (non-hydrogen) atoms. The van der Waals surface area contributed by atoms with Crippen LogP contribution in [0.4, 0.5) is 4.79 Å². The van der Waals surface area contributed by atoms with Crippen LogP contribution in [0.3, 0.4) is 0 Å². The van der Waals surface area contributed by atoms with Gasteiger partial charge < -0.3 is 20.3 Å². The maximum Gasteiger partial charge on any atom is 0.322 e. The van der Waals surface area contributed by atoms with Crippen molar-refractivity contribution in [2.45, 2.75) is 18.0 Å². The van der Waals surface area contributed by atoms with Crippen LogP contribution in [0.25, 0.3) is 0 Å². The van der Waals surface area contributed by atoms with Gasteiger partial charge in [-0.05, 0) is 6.42 Å². The highest BCUT2D eigenvalue weighted by Crippen LogP contribution is 2.25. The molecule has 0 radical (unpaired) electrons. The number of likely N-dealkylation sites (tertiary alicyclic amines) is 1. The summed E-state index contributed by atoms with van der Waals surface area (Å²) < 4.78 is 5.26. The predicted molar refractivity (Wildman–Crippen MR) is 63.2 cm³/mol. The summed E-state index contributed by atoms with van der Waals surface area (Å²) in [6, 6.07) is -0.845. The zero-order valence-electron chi connectivity index (χ0n) is 10.4.